The predicted molar refractivity (Wildman–Crippen MR) is 127 cm³/mol. The first-order valence-electron chi connectivity index (χ1n) is 10.7. The summed E-state index contributed by atoms with van der Waals surface area (Å²) < 4.78 is 1.94. The third kappa shape index (κ3) is 6.84. The van der Waals surface area contributed by atoms with Gasteiger partial charge in [-0.2, -0.15) is 5.10 Å². The molecular formula is C20H36IN7O. The number of aromatic nitrogens is 2. The molecule has 1 amide bonds. The van der Waals surface area contributed by atoms with Crippen molar-refractivity contribution in [3.8, 4) is 0 Å². The van der Waals surface area contributed by atoms with Gasteiger partial charge in [-0.3, -0.25) is 19.4 Å². The van der Waals surface area contributed by atoms with Gasteiger partial charge in [-0.1, -0.05) is 0 Å². The maximum Gasteiger partial charge on any atom is 0.239 e. The monoisotopic (exact) mass is 517 g/mol. The van der Waals surface area contributed by atoms with Crippen molar-refractivity contribution >= 4 is 35.8 Å². The Labute approximate surface area is 191 Å². The van der Waals surface area contributed by atoms with E-state index in [0.29, 0.717) is 5.91 Å². The van der Waals surface area contributed by atoms with E-state index in [1.54, 1.807) is 0 Å². The third-order valence-electron chi connectivity index (χ3n) is 5.64. The van der Waals surface area contributed by atoms with Gasteiger partial charge in [0.05, 0.1) is 6.04 Å². The summed E-state index contributed by atoms with van der Waals surface area (Å²) >= 11 is 0. The number of amides is 1. The van der Waals surface area contributed by atoms with Gasteiger partial charge in [0.1, 0.15) is 0 Å². The minimum Gasteiger partial charge on any atom is -0.357 e. The SMILES string of the molecule is CCNC(=NCCCn1cccn1)N1CCN(C(C)C(=O)N2CCCC2)CC1.I. The number of hydrogen-bond acceptors (Lipinski definition) is 4. The van der Waals surface area contributed by atoms with E-state index in [0.717, 1.165) is 84.1 Å². The Hall–Kier alpha value is -1.36. The first-order valence-corrected chi connectivity index (χ1v) is 10.7. The number of aryl methyl sites for hydroxylation is 1. The van der Waals surface area contributed by atoms with Gasteiger partial charge in [0.25, 0.3) is 0 Å². The Morgan fingerprint density at radius 1 is 1.14 bits per heavy atom. The van der Waals surface area contributed by atoms with Crippen molar-refractivity contribution in [3.05, 3.63) is 18.5 Å². The molecule has 0 bridgehead atoms. The lowest BCUT2D eigenvalue weighted by Gasteiger charge is -2.39. The number of nitrogens with zero attached hydrogens (tertiary/aromatic N) is 6. The smallest absolute Gasteiger partial charge is 0.239 e. The number of carbonyl (C=O) groups is 1. The lowest BCUT2D eigenvalue weighted by atomic mass is 10.2. The number of guanidine groups is 1. The maximum absolute atomic E-state index is 12.7. The minimum atomic E-state index is -0.0196. The molecule has 29 heavy (non-hydrogen) atoms. The number of halogens is 1. The highest BCUT2D eigenvalue weighted by Crippen LogP contribution is 2.14. The van der Waals surface area contributed by atoms with Crippen LogP contribution in [-0.2, 0) is 11.3 Å². The second-order valence-corrected chi connectivity index (χ2v) is 7.59. The van der Waals surface area contributed by atoms with Gasteiger partial charge < -0.3 is 15.1 Å². The largest absolute Gasteiger partial charge is 0.357 e. The highest BCUT2D eigenvalue weighted by atomic mass is 127. The molecule has 1 N–H and O–H groups in total. The van der Waals surface area contributed by atoms with E-state index in [4.69, 9.17) is 4.99 Å². The zero-order valence-electron chi connectivity index (χ0n) is 17.8. The minimum absolute atomic E-state index is 0. The van der Waals surface area contributed by atoms with Gasteiger partial charge in [0.2, 0.25) is 5.91 Å². The molecule has 9 heteroatoms. The summed E-state index contributed by atoms with van der Waals surface area (Å²) in [6.45, 7) is 12.2. The van der Waals surface area contributed by atoms with E-state index in [-0.39, 0.29) is 30.0 Å². The molecule has 0 aromatic carbocycles. The van der Waals surface area contributed by atoms with Crippen molar-refractivity contribution < 1.29 is 4.79 Å². The number of piperazine rings is 1. The molecular weight excluding hydrogens is 481 g/mol. The van der Waals surface area contributed by atoms with Crippen LogP contribution in [0.5, 0.6) is 0 Å². The number of nitrogens with one attached hydrogen (secondary N) is 1. The standard InChI is InChI=1S/C20H35N7O.HI/c1-3-21-20(22-8-6-12-27-13-7-9-23-27)26-16-14-24(15-17-26)18(2)19(28)25-10-4-5-11-25;/h7,9,13,18H,3-6,8,10-12,14-17H2,1-2H3,(H,21,22);1H. The molecule has 0 spiro atoms. The zero-order valence-corrected chi connectivity index (χ0v) is 20.1. The second-order valence-electron chi connectivity index (χ2n) is 7.59. The van der Waals surface area contributed by atoms with Gasteiger partial charge in [0, 0.05) is 71.3 Å². The predicted octanol–water partition coefficient (Wildman–Crippen LogP) is 1.49. The quantitative estimate of drug-likeness (QED) is 0.257. The summed E-state index contributed by atoms with van der Waals surface area (Å²) in [6.07, 6.45) is 7.06. The van der Waals surface area contributed by atoms with Crippen molar-refractivity contribution in [2.75, 3.05) is 52.4 Å². The fraction of sp³-hybridized carbons (Fsp3) is 0.750. The van der Waals surface area contributed by atoms with E-state index >= 15 is 0 Å². The van der Waals surface area contributed by atoms with E-state index in [9.17, 15) is 4.79 Å². The molecule has 2 saturated heterocycles. The van der Waals surface area contributed by atoms with Crippen LogP contribution in [0.15, 0.2) is 23.5 Å². The molecule has 0 radical (unpaired) electrons. The fourth-order valence-electron chi connectivity index (χ4n) is 3.96. The average Bonchev–Trinajstić information content (AvgIpc) is 3.43. The molecule has 3 rings (SSSR count). The molecule has 1 atom stereocenters. The molecule has 3 heterocycles. The molecule has 2 aliphatic heterocycles. The van der Waals surface area contributed by atoms with Crippen LogP contribution in [-0.4, -0.2) is 94.7 Å². The summed E-state index contributed by atoms with van der Waals surface area (Å²) in [5.74, 6) is 1.28. The topological polar surface area (TPSA) is 69.0 Å². The van der Waals surface area contributed by atoms with Crippen LogP contribution in [0, 0.1) is 0 Å². The Morgan fingerprint density at radius 3 is 2.48 bits per heavy atom. The first kappa shape index (κ1) is 23.9. The molecule has 2 fully saturated rings. The Balaban J connectivity index is 0.00000300. The summed E-state index contributed by atoms with van der Waals surface area (Å²) in [5.41, 5.74) is 0. The van der Waals surface area contributed by atoms with Crippen LogP contribution in [0.25, 0.3) is 0 Å². The second kappa shape index (κ2) is 12.4. The number of hydrogen-bond donors (Lipinski definition) is 1. The fourth-order valence-corrected chi connectivity index (χ4v) is 3.96. The van der Waals surface area contributed by atoms with Gasteiger partial charge in [-0.15, -0.1) is 24.0 Å². The molecule has 0 aliphatic carbocycles. The van der Waals surface area contributed by atoms with E-state index < -0.39 is 0 Å². The Kier molecular flexibility index (Phi) is 10.2. The van der Waals surface area contributed by atoms with Crippen LogP contribution < -0.4 is 5.32 Å². The van der Waals surface area contributed by atoms with E-state index in [1.807, 2.05) is 28.0 Å². The van der Waals surface area contributed by atoms with Crippen molar-refractivity contribution in [2.24, 2.45) is 4.99 Å². The van der Waals surface area contributed by atoms with Gasteiger partial charge in [-0.25, -0.2) is 0 Å². The highest BCUT2D eigenvalue weighted by molar-refractivity contribution is 14.0. The van der Waals surface area contributed by atoms with Gasteiger partial charge in [0.15, 0.2) is 5.96 Å². The maximum atomic E-state index is 12.7. The molecule has 1 aromatic heterocycles. The van der Waals surface area contributed by atoms with E-state index in [1.165, 1.54) is 0 Å². The van der Waals surface area contributed by atoms with Crippen LogP contribution in [0.4, 0.5) is 0 Å². The highest BCUT2D eigenvalue weighted by Gasteiger charge is 2.30. The molecule has 2 aliphatic rings. The lowest BCUT2D eigenvalue weighted by Crippen LogP contribution is -2.57. The normalized spacial score (nSPS) is 19.2. The summed E-state index contributed by atoms with van der Waals surface area (Å²) in [4.78, 5) is 24.1. The van der Waals surface area contributed by atoms with Crippen molar-refractivity contribution in [1.82, 2.24) is 29.8 Å². The van der Waals surface area contributed by atoms with Gasteiger partial charge >= 0.3 is 0 Å². The summed E-state index contributed by atoms with van der Waals surface area (Å²) in [7, 11) is 0. The average molecular weight is 517 g/mol. The first-order chi connectivity index (χ1) is 13.7. The molecule has 8 nitrogen and oxygen atoms in total. The van der Waals surface area contributed by atoms with Crippen molar-refractivity contribution in [2.45, 2.75) is 45.7 Å². The number of aliphatic imine (C=N–C) groups is 1. The zero-order chi connectivity index (χ0) is 19.8. The molecule has 1 unspecified atom stereocenters. The molecule has 164 valence electrons. The number of likely N-dealkylation sites (tertiary alicyclic amines) is 1. The number of carbonyl (C=O) groups excluding carboxylic acids is 1. The lowest BCUT2D eigenvalue weighted by molar-refractivity contribution is -0.135. The Morgan fingerprint density at radius 2 is 1.86 bits per heavy atom. The molecule has 1 aromatic rings. The molecule has 0 saturated carbocycles. The summed E-state index contributed by atoms with van der Waals surface area (Å²) in [6, 6.07) is 1.93. The van der Waals surface area contributed by atoms with E-state index in [2.05, 4.69) is 34.1 Å². The van der Waals surface area contributed by atoms with Crippen LogP contribution >= 0.6 is 24.0 Å². The Bertz CT molecular complexity index is 623. The third-order valence-corrected chi connectivity index (χ3v) is 5.64. The van der Waals surface area contributed by atoms with Crippen LogP contribution in [0.2, 0.25) is 0 Å². The van der Waals surface area contributed by atoms with Crippen molar-refractivity contribution in [3.63, 3.8) is 0 Å². The van der Waals surface area contributed by atoms with Gasteiger partial charge in [-0.05, 0) is 39.2 Å². The van der Waals surface area contributed by atoms with Crippen LogP contribution in [0.1, 0.15) is 33.1 Å². The number of rotatable bonds is 7. The van der Waals surface area contributed by atoms with Crippen molar-refractivity contribution in [1.29, 1.82) is 0 Å². The van der Waals surface area contributed by atoms with Crippen LogP contribution in [0.3, 0.4) is 0 Å². The summed E-state index contributed by atoms with van der Waals surface area (Å²) in [5, 5.41) is 7.65.